The Morgan fingerprint density at radius 1 is 1.22 bits per heavy atom. The normalized spacial score (nSPS) is 23.6. The molecule has 1 aromatic carbocycles. The van der Waals surface area contributed by atoms with Gasteiger partial charge in [-0.15, -0.1) is 0 Å². The number of amides is 1. The molecule has 0 aliphatic carbocycles. The maximum Gasteiger partial charge on any atom is 0.227 e. The minimum Gasteiger partial charge on any atom is -0.490 e. The summed E-state index contributed by atoms with van der Waals surface area (Å²) < 4.78 is 20.7. The van der Waals surface area contributed by atoms with Crippen LogP contribution in [0.4, 0.5) is 4.39 Å². The highest BCUT2D eigenvalue weighted by Crippen LogP contribution is 2.30. The lowest BCUT2D eigenvalue weighted by atomic mass is 9.89. The monoisotopic (exact) mass is 372 g/mol. The molecular weight excluding hydrogens is 347 g/mol. The smallest absolute Gasteiger partial charge is 0.227 e. The van der Waals surface area contributed by atoms with Crippen molar-refractivity contribution in [2.45, 2.75) is 24.9 Å². The van der Waals surface area contributed by atoms with E-state index >= 15 is 0 Å². The lowest BCUT2D eigenvalue weighted by Gasteiger charge is -2.34. The van der Waals surface area contributed by atoms with Gasteiger partial charge in [0.15, 0.2) is 0 Å². The molecule has 144 valence electrons. The zero-order chi connectivity index (χ0) is 18.8. The van der Waals surface area contributed by atoms with Crippen LogP contribution in [-0.4, -0.2) is 52.9 Å². The molecule has 0 saturated carbocycles. The fraction of sp³-hybridized carbons (Fsp3) is 0.500. The second-order valence-corrected chi connectivity index (χ2v) is 7.41. The van der Waals surface area contributed by atoms with Crippen molar-refractivity contribution in [2.75, 3.05) is 26.2 Å². The van der Waals surface area contributed by atoms with Crippen molar-refractivity contribution >= 4 is 5.91 Å². The fourth-order valence-electron chi connectivity index (χ4n) is 4.05. The predicted octanol–water partition coefficient (Wildman–Crippen LogP) is 1.93. The minimum atomic E-state index is -0.267. The Labute approximate surface area is 158 Å². The first kappa shape index (κ1) is 18.0. The van der Waals surface area contributed by atoms with Crippen LogP contribution in [0.15, 0.2) is 36.7 Å². The molecule has 27 heavy (non-hydrogen) atoms. The summed E-state index contributed by atoms with van der Waals surface area (Å²) >= 11 is 0. The van der Waals surface area contributed by atoms with Crippen LogP contribution < -0.4 is 10.1 Å². The summed E-state index contributed by atoms with van der Waals surface area (Å²) in [7, 11) is 1.90. The first-order chi connectivity index (χ1) is 13.1. The number of halogens is 1. The topological polar surface area (TPSA) is 59.4 Å². The zero-order valence-corrected chi connectivity index (χ0v) is 15.5. The van der Waals surface area contributed by atoms with Gasteiger partial charge < -0.3 is 15.0 Å². The van der Waals surface area contributed by atoms with Crippen molar-refractivity contribution < 1.29 is 13.9 Å². The highest BCUT2D eigenvalue weighted by atomic mass is 19.1. The number of nitrogens with zero attached hydrogens (tertiary/aromatic N) is 3. The van der Waals surface area contributed by atoms with Gasteiger partial charge in [-0.05, 0) is 29.8 Å². The van der Waals surface area contributed by atoms with E-state index in [1.807, 2.05) is 24.3 Å². The number of nitrogens with one attached hydrogen (secondary N) is 1. The molecule has 7 heteroatoms. The standard InChI is InChI=1S/C20H25FN4O2/c1-24-13-14(10-23-24)18-11-22-12-19(18)20(26)25-8-6-17(7-9-25)27-16-4-2-15(21)3-5-16/h2-5,10,13,17-19,22H,6-9,11-12H2,1H3/t18-,19+/m1/s1. The lowest BCUT2D eigenvalue weighted by Crippen LogP contribution is -2.45. The second-order valence-electron chi connectivity index (χ2n) is 7.41. The van der Waals surface area contributed by atoms with E-state index in [9.17, 15) is 9.18 Å². The molecule has 2 aliphatic rings. The third-order valence-electron chi connectivity index (χ3n) is 5.55. The van der Waals surface area contributed by atoms with Gasteiger partial charge in [-0.2, -0.15) is 5.10 Å². The molecule has 2 fully saturated rings. The second kappa shape index (κ2) is 7.68. The number of aromatic nitrogens is 2. The first-order valence-electron chi connectivity index (χ1n) is 9.50. The van der Waals surface area contributed by atoms with Crippen molar-refractivity contribution in [1.29, 1.82) is 0 Å². The minimum absolute atomic E-state index is 0.0382. The molecule has 1 N–H and O–H groups in total. The molecule has 2 atom stereocenters. The van der Waals surface area contributed by atoms with E-state index in [1.54, 1.807) is 16.8 Å². The van der Waals surface area contributed by atoms with E-state index in [1.165, 1.54) is 12.1 Å². The summed E-state index contributed by atoms with van der Waals surface area (Å²) in [6.07, 6.45) is 5.51. The van der Waals surface area contributed by atoms with Crippen LogP contribution in [0, 0.1) is 11.7 Å². The fourth-order valence-corrected chi connectivity index (χ4v) is 4.05. The van der Waals surface area contributed by atoms with Gasteiger partial charge in [-0.1, -0.05) is 0 Å². The number of aryl methyl sites for hydroxylation is 1. The molecule has 2 aliphatic heterocycles. The van der Waals surface area contributed by atoms with Gasteiger partial charge in [0.2, 0.25) is 5.91 Å². The van der Waals surface area contributed by atoms with Crippen LogP contribution in [0.5, 0.6) is 5.75 Å². The number of rotatable bonds is 4. The molecule has 1 aromatic heterocycles. The van der Waals surface area contributed by atoms with Gasteiger partial charge >= 0.3 is 0 Å². The Kier molecular flexibility index (Phi) is 5.11. The molecule has 0 bridgehead atoms. The van der Waals surface area contributed by atoms with Crippen LogP contribution in [0.25, 0.3) is 0 Å². The average Bonchev–Trinajstić information content (AvgIpc) is 3.32. The molecule has 1 amide bonds. The van der Waals surface area contributed by atoms with E-state index in [0.717, 1.165) is 24.9 Å². The van der Waals surface area contributed by atoms with Crippen molar-refractivity contribution in [3.63, 3.8) is 0 Å². The van der Waals surface area contributed by atoms with Gasteiger partial charge in [0.1, 0.15) is 17.7 Å². The summed E-state index contributed by atoms with van der Waals surface area (Å²) in [6.45, 7) is 2.92. The quantitative estimate of drug-likeness (QED) is 0.891. The van der Waals surface area contributed by atoms with E-state index in [-0.39, 0.29) is 29.7 Å². The number of hydrogen-bond donors (Lipinski definition) is 1. The summed E-state index contributed by atoms with van der Waals surface area (Å²) in [6, 6.07) is 6.10. The largest absolute Gasteiger partial charge is 0.490 e. The lowest BCUT2D eigenvalue weighted by molar-refractivity contribution is -0.137. The van der Waals surface area contributed by atoms with Crippen molar-refractivity contribution in [3.8, 4) is 5.75 Å². The summed E-state index contributed by atoms with van der Waals surface area (Å²) in [5, 5.41) is 7.60. The Morgan fingerprint density at radius 2 is 1.96 bits per heavy atom. The van der Waals surface area contributed by atoms with Crippen LogP contribution in [0.1, 0.15) is 24.3 Å². The predicted molar refractivity (Wildman–Crippen MR) is 98.9 cm³/mol. The van der Waals surface area contributed by atoms with E-state index in [0.29, 0.717) is 25.4 Å². The van der Waals surface area contributed by atoms with Crippen LogP contribution in [0.3, 0.4) is 0 Å². The highest BCUT2D eigenvalue weighted by molar-refractivity contribution is 5.80. The van der Waals surface area contributed by atoms with Crippen LogP contribution in [0.2, 0.25) is 0 Å². The number of hydrogen-bond acceptors (Lipinski definition) is 4. The maximum atomic E-state index is 13.1. The number of benzene rings is 1. The van der Waals surface area contributed by atoms with E-state index in [4.69, 9.17) is 4.74 Å². The Balaban J connectivity index is 1.33. The molecule has 6 nitrogen and oxygen atoms in total. The third-order valence-corrected chi connectivity index (χ3v) is 5.55. The molecular formula is C20H25FN4O2. The summed E-state index contributed by atoms with van der Waals surface area (Å²) in [5.41, 5.74) is 1.12. The number of likely N-dealkylation sites (tertiary alicyclic amines) is 1. The summed E-state index contributed by atoms with van der Waals surface area (Å²) in [5.74, 6) is 0.770. The van der Waals surface area contributed by atoms with Gasteiger partial charge in [0.05, 0.1) is 12.1 Å². The van der Waals surface area contributed by atoms with Crippen molar-refractivity contribution in [3.05, 3.63) is 48.0 Å². The molecule has 2 aromatic rings. The Hall–Kier alpha value is -2.41. The van der Waals surface area contributed by atoms with Gasteiger partial charge in [-0.3, -0.25) is 9.48 Å². The Bertz CT molecular complexity index is 784. The van der Waals surface area contributed by atoms with Crippen molar-refractivity contribution in [1.82, 2.24) is 20.0 Å². The van der Waals surface area contributed by atoms with Gasteiger partial charge in [0, 0.05) is 58.2 Å². The molecule has 0 spiro atoms. The molecule has 4 rings (SSSR count). The molecule has 0 unspecified atom stereocenters. The highest BCUT2D eigenvalue weighted by Gasteiger charge is 2.38. The number of ether oxygens (including phenoxy) is 1. The van der Waals surface area contributed by atoms with Crippen molar-refractivity contribution in [2.24, 2.45) is 13.0 Å². The maximum absolute atomic E-state index is 13.1. The number of carbonyl (C=O) groups excluding carboxylic acids is 1. The number of carbonyl (C=O) groups is 1. The van der Waals surface area contributed by atoms with Crippen LogP contribution >= 0.6 is 0 Å². The van der Waals surface area contributed by atoms with Gasteiger partial charge in [-0.25, -0.2) is 4.39 Å². The average molecular weight is 372 g/mol. The van der Waals surface area contributed by atoms with Gasteiger partial charge in [0.25, 0.3) is 0 Å². The molecule has 2 saturated heterocycles. The summed E-state index contributed by atoms with van der Waals surface area (Å²) in [4.78, 5) is 15.0. The number of piperidine rings is 1. The third kappa shape index (κ3) is 3.98. The van der Waals surface area contributed by atoms with Crippen LogP contribution in [-0.2, 0) is 11.8 Å². The SMILES string of the molecule is Cn1cc([C@H]2CNC[C@@H]2C(=O)N2CCC(Oc3ccc(F)cc3)CC2)cn1. The first-order valence-corrected chi connectivity index (χ1v) is 9.50. The van der Waals surface area contributed by atoms with E-state index in [2.05, 4.69) is 10.4 Å². The molecule has 3 heterocycles. The van der Waals surface area contributed by atoms with E-state index < -0.39 is 0 Å². The Morgan fingerprint density at radius 3 is 2.63 bits per heavy atom. The molecule has 0 radical (unpaired) electrons. The zero-order valence-electron chi connectivity index (χ0n) is 15.5.